The molecule has 2 rings (SSSR count). The fourth-order valence-electron chi connectivity index (χ4n) is 1.83. The van der Waals surface area contributed by atoms with E-state index < -0.39 is 5.97 Å². The molecule has 0 saturated heterocycles. The number of pyridine rings is 1. The van der Waals surface area contributed by atoms with Crippen molar-refractivity contribution < 1.29 is 13.9 Å². The molecule has 4 heteroatoms. The van der Waals surface area contributed by atoms with Crippen molar-refractivity contribution in [2.75, 3.05) is 7.11 Å². The largest absolute Gasteiger partial charge is 0.465 e. The van der Waals surface area contributed by atoms with Gasteiger partial charge in [0, 0.05) is 18.0 Å². The Kier molecular flexibility index (Phi) is 4.25. The number of nitrogens with zero attached hydrogens (tertiary/aromatic N) is 1. The average Bonchev–Trinajstić information content (AvgIpc) is 2.48. The van der Waals surface area contributed by atoms with Crippen LogP contribution in [0.15, 0.2) is 42.7 Å². The van der Waals surface area contributed by atoms with Gasteiger partial charge in [-0.15, -0.1) is 0 Å². The molecule has 0 aliphatic carbocycles. The summed E-state index contributed by atoms with van der Waals surface area (Å²) in [5, 5.41) is 0. The number of halogens is 1. The minimum Gasteiger partial charge on any atom is -0.465 e. The lowest BCUT2D eigenvalue weighted by Crippen LogP contribution is -2.04. The van der Waals surface area contributed by atoms with Crippen molar-refractivity contribution in [2.45, 2.75) is 6.92 Å². The highest BCUT2D eigenvalue weighted by atomic mass is 19.1. The van der Waals surface area contributed by atoms with E-state index in [4.69, 9.17) is 4.74 Å². The number of hydrogen-bond donors (Lipinski definition) is 0. The van der Waals surface area contributed by atoms with E-state index in [9.17, 15) is 9.18 Å². The van der Waals surface area contributed by atoms with Crippen molar-refractivity contribution in [3.8, 4) is 0 Å². The lowest BCUT2D eigenvalue weighted by molar-refractivity contribution is -0.133. The molecule has 102 valence electrons. The molecule has 0 saturated carbocycles. The Balaban J connectivity index is 2.54. The van der Waals surface area contributed by atoms with Crippen LogP contribution in [-0.4, -0.2) is 18.1 Å². The number of rotatable bonds is 3. The average molecular weight is 271 g/mol. The van der Waals surface area contributed by atoms with Crippen LogP contribution in [0.3, 0.4) is 0 Å². The first kappa shape index (κ1) is 13.9. The Bertz CT molecular complexity index is 651. The van der Waals surface area contributed by atoms with Gasteiger partial charge >= 0.3 is 5.97 Å². The standard InChI is InChI=1S/C16H14FNO2/c1-11-3-4-15(17)13(9-11)10-14(16(19)20-2)12-5-7-18-8-6-12/h3-10H,1-2H3/b14-10+. The molecule has 2 aromatic rings. The second-order valence-electron chi connectivity index (χ2n) is 4.31. The summed E-state index contributed by atoms with van der Waals surface area (Å²) < 4.78 is 18.6. The van der Waals surface area contributed by atoms with Crippen molar-refractivity contribution in [2.24, 2.45) is 0 Å². The van der Waals surface area contributed by atoms with Crippen LogP contribution in [0.4, 0.5) is 4.39 Å². The fourth-order valence-corrected chi connectivity index (χ4v) is 1.83. The highest BCUT2D eigenvalue weighted by Gasteiger charge is 2.13. The summed E-state index contributed by atoms with van der Waals surface area (Å²) in [4.78, 5) is 15.8. The lowest BCUT2D eigenvalue weighted by atomic mass is 10.0. The van der Waals surface area contributed by atoms with Crippen molar-refractivity contribution >= 4 is 17.6 Å². The Morgan fingerprint density at radius 3 is 2.60 bits per heavy atom. The summed E-state index contributed by atoms with van der Waals surface area (Å²) >= 11 is 0. The van der Waals surface area contributed by atoms with Crippen LogP contribution in [0.5, 0.6) is 0 Å². The third kappa shape index (κ3) is 3.09. The Morgan fingerprint density at radius 2 is 1.95 bits per heavy atom. The Labute approximate surface area is 116 Å². The minimum absolute atomic E-state index is 0.291. The molecule has 0 aliphatic heterocycles. The van der Waals surface area contributed by atoms with Gasteiger partial charge in [-0.25, -0.2) is 9.18 Å². The summed E-state index contributed by atoms with van der Waals surface area (Å²) in [5.74, 6) is -0.900. The summed E-state index contributed by atoms with van der Waals surface area (Å²) in [5.41, 5.74) is 2.19. The molecule has 0 N–H and O–H groups in total. The predicted molar refractivity (Wildman–Crippen MR) is 75.3 cm³/mol. The van der Waals surface area contributed by atoms with Gasteiger partial charge in [0.05, 0.1) is 12.7 Å². The summed E-state index contributed by atoms with van der Waals surface area (Å²) in [6.07, 6.45) is 4.63. The van der Waals surface area contributed by atoms with Crippen LogP contribution >= 0.6 is 0 Å². The third-order valence-corrected chi connectivity index (χ3v) is 2.85. The number of hydrogen-bond acceptors (Lipinski definition) is 3. The fraction of sp³-hybridized carbons (Fsp3) is 0.125. The first-order chi connectivity index (χ1) is 9.61. The first-order valence-corrected chi connectivity index (χ1v) is 6.08. The summed E-state index contributed by atoms with van der Waals surface area (Å²) in [6.45, 7) is 1.86. The number of benzene rings is 1. The van der Waals surface area contributed by atoms with E-state index in [0.29, 0.717) is 16.7 Å². The zero-order valence-electron chi connectivity index (χ0n) is 11.3. The van der Waals surface area contributed by atoms with E-state index in [1.165, 1.54) is 19.3 Å². The molecule has 1 aromatic carbocycles. The Hall–Kier alpha value is -2.49. The minimum atomic E-state index is -0.517. The summed E-state index contributed by atoms with van der Waals surface area (Å²) in [6, 6.07) is 8.09. The van der Waals surface area contributed by atoms with Crippen molar-refractivity contribution in [1.29, 1.82) is 0 Å². The summed E-state index contributed by atoms with van der Waals surface area (Å²) in [7, 11) is 1.30. The quantitative estimate of drug-likeness (QED) is 0.635. The number of ether oxygens (including phenoxy) is 1. The lowest BCUT2D eigenvalue weighted by Gasteiger charge is -2.07. The van der Waals surface area contributed by atoms with E-state index in [2.05, 4.69) is 4.98 Å². The van der Waals surface area contributed by atoms with Crippen LogP contribution in [0.2, 0.25) is 0 Å². The molecule has 0 spiro atoms. The molecular weight excluding hydrogens is 257 g/mol. The molecule has 3 nitrogen and oxygen atoms in total. The van der Waals surface area contributed by atoms with Gasteiger partial charge in [0.2, 0.25) is 0 Å². The molecule has 0 aliphatic rings. The van der Waals surface area contributed by atoms with Gasteiger partial charge in [-0.1, -0.05) is 11.6 Å². The molecule has 0 bridgehead atoms. The maximum atomic E-state index is 13.8. The molecule has 0 fully saturated rings. The zero-order chi connectivity index (χ0) is 14.5. The van der Waals surface area contributed by atoms with Gasteiger partial charge in [-0.3, -0.25) is 4.98 Å². The number of carbonyl (C=O) groups is 1. The van der Waals surface area contributed by atoms with Crippen LogP contribution in [0, 0.1) is 12.7 Å². The molecule has 0 amide bonds. The highest BCUT2D eigenvalue weighted by Crippen LogP contribution is 2.21. The van der Waals surface area contributed by atoms with Gasteiger partial charge in [-0.05, 0) is 42.8 Å². The number of methoxy groups -OCH3 is 1. The van der Waals surface area contributed by atoms with Crippen molar-refractivity contribution in [1.82, 2.24) is 4.98 Å². The molecule has 0 radical (unpaired) electrons. The number of aromatic nitrogens is 1. The number of esters is 1. The molecule has 1 heterocycles. The smallest absolute Gasteiger partial charge is 0.338 e. The maximum absolute atomic E-state index is 13.8. The molecule has 20 heavy (non-hydrogen) atoms. The van der Waals surface area contributed by atoms with Crippen molar-refractivity contribution in [3.63, 3.8) is 0 Å². The highest BCUT2D eigenvalue weighted by molar-refractivity contribution is 6.21. The van der Waals surface area contributed by atoms with Crippen LogP contribution < -0.4 is 0 Å². The van der Waals surface area contributed by atoms with E-state index in [1.807, 2.05) is 6.92 Å². The SMILES string of the molecule is COC(=O)/C(=C/c1cc(C)ccc1F)c1ccncc1. The van der Waals surface area contributed by atoms with E-state index in [-0.39, 0.29) is 5.82 Å². The van der Waals surface area contributed by atoms with Crippen molar-refractivity contribution in [3.05, 3.63) is 65.2 Å². The van der Waals surface area contributed by atoms with Gasteiger partial charge in [0.15, 0.2) is 0 Å². The van der Waals surface area contributed by atoms with Gasteiger partial charge in [-0.2, -0.15) is 0 Å². The van der Waals surface area contributed by atoms with Gasteiger partial charge in [0.25, 0.3) is 0 Å². The molecule has 0 atom stereocenters. The molecule has 0 unspecified atom stereocenters. The third-order valence-electron chi connectivity index (χ3n) is 2.85. The van der Waals surface area contributed by atoms with Crippen LogP contribution in [0.1, 0.15) is 16.7 Å². The maximum Gasteiger partial charge on any atom is 0.338 e. The van der Waals surface area contributed by atoms with E-state index >= 15 is 0 Å². The van der Waals surface area contributed by atoms with Gasteiger partial charge in [0.1, 0.15) is 5.82 Å². The van der Waals surface area contributed by atoms with Gasteiger partial charge < -0.3 is 4.74 Å². The molecular formula is C16H14FNO2. The Morgan fingerprint density at radius 1 is 1.25 bits per heavy atom. The second-order valence-corrected chi connectivity index (χ2v) is 4.31. The van der Waals surface area contributed by atoms with E-state index in [1.54, 1.807) is 36.7 Å². The normalized spacial score (nSPS) is 11.2. The van der Waals surface area contributed by atoms with Crippen LogP contribution in [-0.2, 0) is 9.53 Å². The second kappa shape index (κ2) is 6.10. The topological polar surface area (TPSA) is 39.2 Å². The first-order valence-electron chi connectivity index (χ1n) is 6.08. The number of aryl methyl sites for hydroxylation is 1. The predicted octanol–water partition coefficient (Wildman–Crippen LogP) is 3.24. The number of carbonyl (C=O) groups excluding carboxylic acids is 1. The van der Waals surface area contributed by atoms with Crippen LogP contribution in [0.25, 0.3) is 11.6 Å². The zero-order valence-corrected chi connectivity index (χ0v) is 11.3. The monoisotopic (exact) mass is 271 g/mol. The van der Waals surface area contributed by atoms with E-state index in [0.717, 1.165) is 5.56 Å². The molecule has 1 aromatic heterocycles.